The summed E-state index contributed by atoms with van der Waals surface area (Å²) in [6.45, 7) is 2.53. The number of nitrogens with zero attached hydrogens (tertiary/aromatic N) is 6. The molecule has 29 heavy (non-hydrogen) atoms. The summed E-state index contributed by atoms with van der Waals surface area (Å²) in [7, 11) is 1.61. The van der Waals surface area contributed by atoms with E-state index in [0.29, 0.717) is 23.8 Å². The van der Waals surface area contributed by atoms with Gasteiger partial charge in [0.05, 0.1) is 35.9 Å². The molecular weight excluding hydrogens is 386 g/mol. The molecule has 0 aliphatic carbocycles. The van der Waals surface area contributed by atoms with Crippen molar-refractivity contribution in [1.82, 2.24) is 29.8 Å². The van der Waals surface area contributed by atoms with E-state index in [9.17, 15) is 0 Å². The summed E-state index contributed by atoms with van der Waals surface area (Å²) >= 11 is 1.68. The molecule has 0 amide bonds. The van der Waals surface area contributed by atoms with Crippen molar-refractivity contribution in [3.8, 4) is 16.3 Å². The molecule has 0 aromatic carbocycles. The first-order valence-electron chi connectivity index (χ1n) is 9.01. The minimum atomic E-state index is 0.452. The summed E-state index contributed by atoms with van der Waals surface area (Å²) in [6, 6.07) is 9.78. The lowest BCUT2D eigenvalue weighted by Gasteiger charge is -2.08. The van der Waals surface area contributed by atoms with Gasteiger partial charge < -0.3 is 10.1 Å². The molecule has 1 N–H and O–H groups in total. The van der Waals surface area contributed by atoms with Crippen LogP contribution in [0, 0.1) is 6.92 Å². The first-order valence-corrected chi connectivity index (χ1v) is 9.89. The number of rotatable bonds is 5. The van der Waals surface area contributed by atoms with Crippen molar-refractivity contribution in [3.05, 3.63) is 59.5 Å². The monoisotopic (exact) mass is 403 g/mol. The fourth-order valence-corrected chi connectivity index (χ4v) is 3.95. The highest BCUT2D eigenvalue weighted by Crippen LogP contribution is 2.26. The average molecular weight is 403 g/mol. The summed E-state index contributed by atoms with van der Waals surface area (Å²) in [5.41, 5.74) is 5.23. The number of nitrogens with one attached hydrogen (secondary N) is 1. The highest BCUT2D eigenvalue weighted by atomic mass is 32.1. The molecule has 0 saturated heterocycles. The van der Waals surface area contributed by atoms with Crippen LogP contribution in [0.4, 0.5) is 5.69 Å². The van der Waals surface area contributed by atoms with Gasteiger partial charge >= 0.3 is 0 Å². The van der Waals surface area contributed by atoms with E-state index in [0.717, 1.165) is 27.3 Å². The summed E-state index contributed by atoms with van der Waals surface area (Å²) in [5.74, 6) is 1.39. The van der Waals surface area contributed by atoms with E-state index in [-0.39, 0.29) is 0 Å². The van der Waals surface area contributed by atoms with Gasteiger partial charge in [-0.05, 0) is 42.1 Å². The second-order valence-electron chi connectivity index (χ2n) is 6.55. The molecule has 5 rings (SSSR count). The Labute approximate surface area is 170 Å². The van der Waals surface area contributed by atoms with E-state index in [4.69, 9.17) is 9.84 Å². The maximum absolute atomic E-state index is 5.23. The van der Waals surface area contributed by atoms with Crippen molar-refractivity contribution in [2.45, 2.75) is 13.5 Å². The van der Waals surface area contributed by atoms with Gasteiger partial charge in [-0.1, -0.05) is 0 Å². The van der Waals surface area contributed by atoms with Gasteiger partial charge in [0.1, 0.15) is 17.0 Å². The van der Waals surface area contributed by atoms with E-state index in [2.05, 4.69) is 43.9 Å². The van der Waals surface area contributed by atoms with Crippen LogP contribution in [0.3, 0.4) is 0 Å². The van der Waals surface area contributed by atoms with E-state index in [1.807, 2.05) is 24.3 Å². The van der Waals surface area contributed by atoms with Crippen LogP contribution in [0.1, 0.15) is 11.4 Å². The van der Waals surface area contributed by atoms with Crippen LogP contribution in [-0.2, 0) is 6.54 Å². The van der Waals surface area contributed by atoms with Gasteiger partial charge in [-0.25, -0.2) is 4.98 Å². The van der Waals surface area contributed by atoms with Crippen molar-refractivity contribution in [3.63, 3.8) is 0 Å². The van der Waals surface area contributed by atoms with Gasteiger partial charge in [-0.3, -0.25) is 4.98 Å². The number of fused-ring (bicyclic) bond motifs is 2. The highest BCUT2D eigenvalue weighted by Gasteiger charge is 2.11. The van der Waals surface area contributed by atoms with Crippen molar-refractivity contribution in [1.29, 1.82) is 0 Å². The number of aryl methyl sites for hydroxylation is 1. The average Bonchev–Trinajstić information content (AvgIpc) is 3.37. The Morgan fingerprint density at radius 2 is 2.07 bits per heavy atom. The van der Waals surface area contributed by atoms with Crippen molar-refractivity contribution >= 4 is 33.7 Å². The van der Waals surface area contributed by atoms with Crippen LogP contribution in [0.15, 0.2) is 48.1 Å². The molecule has 0 saturated carbocycles. The number of hydrogen-bond donors (Lipinski definition) is 1. The van der Waals surface area contributed by atoms with E-state index < -0.39 is 0 Å². The van der Waals surface area contributed by atoms with Crippen LogP contribution < -0.4 is 10.1 Å². The molecule has 0 atom stereocenters. The molecule has 5 heterocycles. The fraction of sp³-hybridized carbons (Fsp3) is 0.150. The van der Waals surface area contributed by atoms with Gasteiger partial charge in [-0.2, -0.15) is 9.61 Å². The number of anilines is 1. The van der Waals surface area contributed by atoms with Crippen LogP contribution in [0.5, 0.6) is 5.75 Å². The third kappa shape index (κ3) is 3.25. The standard InChI is InChI=1S/C20H17N7OS/c1-12-7-17(29-11-12)14-3-4-18-24-25-19(27(18)26-14)10-22-15-5-6-21-16-8-13(28-2)9-23-20(15)16/h3-9,11H,10H2,1-2H3,(H,21,22). The first kappa shape index (κ1) is 17.5. The van der Waals surface area contributed by atoms with E-state index in [1.54, 1.807) is 35.4 Å². The number of methoxy groups -OCH3 is 1. The van der Waals surface area contributed by atoms with Gasteiger partial charge in [0, 0.05) is 12.3 Å². The van der Waals surface area contributed by atoms with Crippen molar-refractivity contribution < 1.29 is 4.74 Å². The summed E-state index contributed by atoms with van der Waals surface area (Å²) in [5, 5.41) is 18.7. The lowest BCUT2D eigenvalue weighted by atomic mass is 10.2. The van der Waals surface area contributed by atoms with Crippen LogP contribution >= 0.6 is 11.3 Å². The number of ether oxygens (including phenoxy) is 1. The minimum Gasteiger partial charge on any atom is -0.495 e. The molecule has 0 radical (unpaired) electrons. The Hall–Kier alpha value is -3.59. The third-order valence-corrected chi connectivity index (χ3v) is 5.61. The molecule has 9 heteroatoms. The number of aromatic nitrogens is 6. The highest BCUT2D eigenvalue weighted by molar-refractivity contribution is 7.13. The zero-order chi connectivity index (χ0) is 19.8. The van der Waals surface area contributed by atoms with Gasteiger partial charge in [0.2, 0.25) is 0 Å². The normalized spacial score (nSPS) is 11.2. The molecule has 0 bridgehead atoms. The third-order valence-electron chi connectivity index (χ3n) is 4.54. The molecular formula is C20H17N7OS. The number of pyridine rings is 2. The maximum Gasteiger partial charge on any atom is 0.178 e. The Kier molecular flexibility index (Phi) is 4.28. The van der Waals surface area contributed by atoms with Crippen LogP contribution in [0.25, 0.3) is 27.3 Å². The fourth-order valence-electron chi connectivity index (χ4n) is 3.08. The number of hydrogen-bond acceptors (Lipinski definition) is 8. The molecule has 0 aliphatic rings. The van der Waals surface area contributed by atoms with Crippen molar-refractivity contribution in [2.75, 3.05) is 12.4 Å². The smallest absolute Gasteiger partial charge is 0.178 e. The minimum absolute atomic E-state index is 0.452. The zero-order valence-corrected chi connectivity index (χ0v) is 16.6. The second kappa shape index (κ2) is 7.10. The maximum atomic E-state index is 5.23. The van der Waals surface area contributed by atoms with Crippen LogP contribution in [-0.4, -0.2) is 36.9 Å². The van der Waals surface area contributed by atoms with E-state index in [1.165, 1.54) is 5.56 Å². The lowest BCUT2D eigenvalue weighted by molar-refractivity contribution is 0.413. The molecule has 144 valence electrons. The predicted molar refractivity (Wildman–Crippen MR) is 112 cm³/mol. The molecule has 5 aromatic rings. The largest absolute Gasteiger partial charge is 0.495 e. The molecule has 0 fully saturated rings. The SMILES string of the molecule is COc1cnc2c(NCc3nnc4ccc(-c5cc(C)cs5)nn34)ccnc2c1. The van der Waals surface area contributed by atoms with Gasteiger partial charge in [0.15, 0.2) is 11.5 Å². The van der Waals surface area contributed by atoms with E-state index >= 15 is 0 Å². The summed E-state index contributed by atoms with van der Waals surface area (Å²) in [6.07, 6.45) is 3.42. The Bertz CT molecular complexity index is 1330. The van der Waals surface area contributed by atoms with Crippen molar-refractivity contribution in [2.24, 2.45) is 0 Å². The topological polar surface area (TPSA) is 90.1 Å². The summed E-state index contributed by atoms with van der Waals surface area (Å²) in [4.78, 5) is 9.95. The summed E-state index contributed by atoms with van der Waals surface area (Å²) < 4.78 is 7.00. The Balaban J connectivity index is 1.46. The number of thiophene rings is 1. The lowest BCUT2D eigenvalue weighted by Crippen LogP contribution is -2.07. The quantitative estimate of drug-likeness (QED) is 0.478. The first-order chi connectivity index (χ1) is 14.2. The zero-order valence-electron chi connectivity index (χ0n) is 15.8. The molecule has 0 aliphatic heterocycles. The molecule has 8 nitrogen and oxygen atoms in total. The Morgan fingerprint density at radius 1 is 1.14 bits per heavy atom. The molecule has 5 aromatic heterocycles. The Morgan fingerprint density at radius 3 is 2.90 bits per heavy atom. The van der Waals surface area contributed by atoms with Gasteiger partial charge in [-0.15, -0.1) is 21.5 Å². The predicted octanol–water partition coefficient (Wildman–Crippen LogP) is 3.73. The second-order valence-corrected chi connectivity index (χ2v) is 7.46. The molecule has 0 spiro atoms. The molecule has 0 unspecified atom stereocenters. The van der Waals surface area contributed by atoms with Gasteiger partial charge in [0.25, 0.3) is 0 Å². The van der Waals surface area contributed by atoms with Crippen LogP contribution in [0.2, 0.25) is 0 Å².